The third kappa shape index (κ3) is 8.04. The van der Waals surface area contributed by atoms with Gasteiger partial charge in [0.2, 0.25) is 0 Å². The van der Waals surface area contributed by atoms with Crippen molar-refractivity contribution < 1.29 is 23.4 Å². The predicted octanol–water partition coefficient (Wildman–Crippen LogP) is 2.28. The largest absolute Gasteiger partial charge is 0.468 e. The zero-order chi connectivity index (χ0) is 16.0. The number of nitrogens with one attached hydrogen (secondary N) is 1. The molecule has 0 aromatic heterocycles. The average molecular weight is 325 g/mol. The van der Waals surface area contributed by atoms with Gasteiger partial charge in [0.1, 0.15) is 6.04 Å². The minimum Gasteiger partial charge on any atom is -0.468 e. The summed E-state index contributed by atoms with van der Waals surface area (Å²) in [4.78, 5) is 22.9. The van der Waals surface area contributed by atoms with Gasteiger partial charge in [0.25, 0.3) is 7.52 Å². The number of hydrogen-bond acceptors (Lipinski definition) is 6. The summed E-state index contributed by atoms with van der Waals surface area (Å²) in [7, 11) is -1.83. The summed E-state index contributed by atoms with van der Waals surface area (Å²) in [6, 6.07) is -0.709. The van der Waals surface area contributed by atoms with Crippen LogP contribution in [0.5, 0.6) is 0 Å². The van der Waals surface area contributed by atoms with E-state index < -0.39 is 24.9 Å². The molecule has 2 atom stereocenters. The molecule has 20 heavy (non-hydrogen) atoms. The first kappa shape index (κ1) is 19.6. The van der Waals surface area contributed by atoms with Crippen LogP contribution in [-0.4, -0.2) is 43.3 Å². The lowest BCUT2D eigenvalue weighted by molar-refractivity contribution is -0.142. The minimum absolute atomic E-state index is 0.0583. The van der Waals surface area contributed by atoms with Crippen LogP contribution >= 0.6 is 19.3 Å². The van der Waals surface area contributed by atoms with Crippen molar-refractivity contribution in [1.29, 1.82) is 0 Å². The van der Waals surface area contributed by atoms with Crippen molar-refractivity contribution in [2.24, 2.45) is 5.41 Å². The van der Waals surface area contributed by atoms with Gasteiger partial charge in [-0.1, -0.05) is 32.5 Å². The molecule has 0 bridgehead atoms. The van der Waals surface area contributed by atoms with E-state index in [4.69, 9.17) is 4.52 Å². The molecular weight excluding hydrogens is 301 g/mol. The third-order valence-corrected chi connectivity index (χ3v) is 5.03. The zero-order valence-corrected chi connectivity index (χ0v) is 14.6. The number of hydrogen-bond donors (Lipinski definition) is 1. The Labute approximate surface area is 124 Å². The van der Waals surface area contributed by atoms with Crippen LogP contribution in [0.25, 0.3) is 0 Å². The Morgan fingerprint density at radius 3 is 2.35 bits per heavy atom. The standard InChI is InChI=1S/C12H24NO5PS/c1-9(10(14)17-5)13-19(6,16)18-7-8-20-11(15)12(2,3)4/h9H,7-8H2,1-6H3,(H,13,16)/t9-,19?/m0/s1. The molecule has 0 aliphatic carbocycles. The summed E-state index contributed by atoms with van der Waals surface area (Å²) in [5.41, 5.74) is -0.405. The molecule has 0 aromatic carbocycles. The summed E-state index contributed by atoms with van der Waals surface area (Å²) in [6.07, 6.45) is 0. The Morgan fingerprint density at radius 1 is 1.35 bits per heavy atom. The summed E-state index contributed by atoms with van der Waals surface area (Å²) >= 11 is 1.15. The number of carbonyl (C=O) groups excluding carboxylic acids is 2. The lowest BCUT2D eigenvalue weighted by atomic mass is 10.00. The highest BCUT2D eigenvalue weighted by Crippen LogP contribution is 2.38. The van der Waals surface area contributed by atoms with Crippen LogP contribution < -0.4 is 5.09 Å². The van der Waals surface area contributed by atoms with Crippen molar-refractivity contribution in [3.05, 3.63) is 0 Å². The molecule has 0 rings (SSSR count). The van der Waals surface area contributed by atoms with Crippen molar-refractivity contribution in [2.75, 3.05) is 26.1 Å². The first-order valence-corrected chi connectivity index (χ1v) is 9.30. The summed E-state index contributed by atoms with van der Waals surface area (Å²) in [5, 5.41) is 2.65. The summed E-state index contributed by atoms with van der Waals surface area (Å²) in [5.74, 6) is -0.0877. The summed E-state index contributed by atoms with van der Waals surface area (Å²) in [6.45, 7) is 8.63. The number of thioether (sulfide) groups is 1. The predicted molar refractivity (Wildman–Crippen MR) is 81.0 cm³/mol. The van der Waals surface area contributed by atoms with Crippen LogP contribution in [0, 0.1) is 5.41 Å². The van der Waals surface area contributed by atoms with Crippen molar-refractivity contribution in [1.82, 2.24) is 5.09 Å². The number of methoxy groups -OCH3 is 1. The van der Waals surface area contributed by atoms with E-state index in [9.17, 15) is 14.2 Å². The molecule has 118 valence electrons. The van der Waals surface area contributed by atoms with Gasteiger partial charge in [-0.2, -0.15) is 0 Å². The van der Waals surface area contributed by atoms with Gasteiger partial charge in [-0.3, -0.25) is 14.2 Å². The molecule has 0 heterocycles. The van der Waals surface area contributed by atoms with E-state index in [0.29, 0.717) is 5.75 Å². The van der Waals surface area contributed by atoms with Crippen LogP contribution in [0.4, 0.5) is 0 Å². The Kier molecular flexibility index (Phi) is 8.03. The Hall–Kier alpha value is -0.360. The molecule has 0 spiro atoms. The van der Waals surface area contributed by atoms with E-state index in [1.807, 2.05) is 20.8 Å². The highest BCUT2D eigenvalue weighted by Gasteiger charge is 2.25. The van der Waals surface area contributed by atoms with Gasteiger partial charge in [-0.15, -0.1) is 0 Å². The molecule has 0 aliphatic rings. The fourth-order valence-electron chi connectivity index (χ4n) is 1.18. The molecule has 0 saturated heterocycles. The fourth-order valence-corrected chi connectivity index (χ4v) is 3.41. The van der Waals surface area contributed by atoms with Crippen molar-refractivity contribution in [3.8, 4) is 0 Å². The minimum atomic E-state index is -3.09. The fraction of sp³-hybridized carbons (Fsp3) is 0.833. The van der Waals surface area contributed by atoms with Crippen molar-refractivity contribution >= 4 is 30.4 Å². The van der Waals surface area contributed by atoms with Crippen molar-refractivity contribution in [3.63, 3.8) is 0 Å². The van der Waals surface area contributed by atoms with Crippen molar-refractivity contribution in [2.45, 2.75) is 33.7 Å². The molecular formula is C12H24NO5PS. The van der Waals surface area contributed by atoms with E-state index in [-0.39, 0.29) is 11.7 Å². The van der Waals surface area contributed by atoms with E-state index >= 15 is 0 Å². The lowest BCUT2D eigenvalue weighted by Gasteiger charge is -2.19. The lowest BCUT2D eigenvalue weighted by Crippen LogP contribution is -2.33. The van der Waals surface area contributed by atoms with Gasteiger partial charge in [-0.05, 0) is 6.92 Å². The molecule has 0 aliphatic heterocycles. The Balaban J connectivity index is 4.09. The number of ether oxygens (including phenoxy) is 1. The van der Waals surface area contributed by atoms with E-state index in [1.165, 1.54) is 13.8 Å². The van der Waals surface area contributed by atoms with Gasteiger partial charge >= 0.3 is 5.97 Å². The van der Waals surface area contributed by atoms with Crippen LogP contribution in [0.2, 0.25) is 0 Å². The van der Waals surface area contributed by atoms with Crippen LogP contribution in [-0.2, 0) is 23.4 Å². The highest BCUT2D eigenvalue weighted by atomic mass is 32.2. The average Bonchev–Trinajstić information content (AvgIpc) is 2.31. The first-order valence-electron chi connectivity index (χ1n) is 6.24. The van der Waals surface area contributed by atoms with Crippen LogP contribution in [0.15, 0.2) is 0 Å². The molecule has 6 nitrogen and oxygen atoms in total. The maximum Gasteiger partial charge on any atom is 0.323 e. The Morgan fingerprint density at radius 2 is 1.90 bits per heavy atom. The van der Waals surface area contributed by atoms with Crippen LogP contribution in [0.1, 0.15) is 27.7 Å². The molecule has 0 amide bonds. The molecule has 0 fully saturated rings. The topological polar surface area (TPSA) is 81.7 Å². The smallest absolute Gasteiger partial charge is 0.323 e. The van der Waals surface area contributed by atoms with Gasteiger partial charge in [0.15, 0.2) is 5.12 Å². The van der Waals surface area contributed by atoms with E-state index in [1.54, 1.807) is 6.92 Å². The first-order chi connectivity index (χ1) is 8.99. The van der Waals surface area contributed by atoms with Gasteiger partial charge in [0.05, 0.1) is 13.7 Å². The maximum absolute atomic E-state index is 12.1. The van der Waals surface area contributed by atoms with Gasteiger partial charge in [-0.25, -0.2) is 5.09 Å². The van der Waals surface area contributed by atoms with Crippen LogP contribution in [0.3, 0.4) is 0 Å². The molecule has 0 saturated carbocycles. The SMILES string of the molecule is COC(=O)[C@H](C)NP(C)(=O)OCCSC(=O)C(C)(C)C. The highest BCUT2D eigenvalue weighted by molar-refractivity contribution is 8.13. The monoisotopic (exact) mass is 325 g/mol. The quantitative estimate of drug-likeness (QED) is 0.437. The second-order valence-electron chi connectivity index (χ2n) is 5.44. The molecule has 0 aromatic rings. The van der Waals surface area contributed by atoms with E-state index in [2.05, 4.69) is 9.82 Å². The molecule has 1 unspecified atom stereocenters. The number of esters is 1. The van der Waals surface area contributed by atoms with Gasteiger partial charge in [0, 0.05) is 17.8 Å². The third-order valence-electron chi connectivity index (χ3n) is 2.25. The molecule has 1 N–H and O–H groups in total. The zero-order valence-electron chi connectivity index (χ0n) is 12.9. The normalized spacial score (nSPS) is 16.3. The second kappa shape index (κ2) is 8.17. The molecule has 0 radical (unpaired) electrons. The number of rotatable bonds is 7. The number of carbonyl (C=O) groups is 2. The van der Waals surface area contributed by atoms with E-state index in [0.717, 1.165) is 11.8 Å². The Bertz CT molecular complexity index is 394. The second-order valence-corrected chi connectivity index (χ2v) is 8.71. The maximum atomic E-state index is 12.1. The van der Waals surface area contributed by atoms with Gasteiger partial charge < -0.3 is 9.26 Å². The summed E-state index contributed by atoms with van der Waals surface area (Å²) < 4.78 is 21.8. The molecule has 8 heteroatoms.